The number of nitrogens with one attached hydrogen (secondary N) is 1. The highest BCUT2D eigenvalue weighted by molar-refractivity contribution is 6.33. The fourth-order valence-corrected chi connectivity index (χ4v) is 3.10. The lowest BCUT2D eigenvalue weighted by Crippen LogP contribution is -2.20. The first-order chi connectivity index (χ1) is 9.68. The van der Waals surface area contributed by atoms with Gasteiger partial charge in [0, 0.05) is 12.5 Å². The van der Waals surface area contributed by atoms with E-state index in [1.54, 1.807) is 6.07 Å². The van der Waals surface area contributed by atoms with Gasteiger partial charge in [-0.05, 0) is 35.7 Å². The van der Waals surface area contributed by atoms with Gasteiger partial charge in [-0.1, -0.05) is 41.9 Å². The fraction of sp³-hybridized carbons (Fsp3) is 0.250. The molecule has 104 valence electrons. The number of phenols is 2. The molecule has 0 fully saturated rings. The Morgan fingerprint density at radius 1 is 1.15 bits per heavy atom. The third kappa shape index (κ3) is 2.23. The average Bonchev–Trinajstić information content (AvgIpc) is 2.68. The minimum Gasteiger partial charge on any atom is -0.504 e. The lowest BCUT2D eigenvalue weighted by atomic mass is 9.87. The Labute approximate surface area is 122 Å². The van der Waals surface area contributed by atoms with E-state index >= 15 is 0 Å². The van der Waals surface area contributed by atoms with Gasteiger partial charge in [0.2, 0.25) is 0 Å². The van der Waals surface area contributed by atoms with Crippen molar-refractivity contribution >= 4 is 11.6 Å². The second kappa shape index (κ2) is 5.35. The maximum absolute atomic E-state index is 9.86. The minimum absolute atomic E-state index is 0.123. The van der Waals surface area contributed by atoms with Gasteiger partial charge in [0.1, 0.15) is 0 Å². The third-order valence-corrected chi connectivity index (χ3v) is 4.24. The number of rotatable bonds is 1. The first kappa shape index (κ1) is 13.3. The quantitative estimate of drug-likeness (QED) is 0.707. The van der Waals surface area contributed by atoms with Crippen LogP contribution in [0.1, 0.15) is 22.6 Å². The zero-order valence-corrected chi connectivity index (χ0v) is 11.7. The van der Waals surface area contributed by atoms with Crippen LogP contribution in [0.15, 0.2) is 36.4 Å². The summed E-state index contributed by atoms with van der Waals surface area (Å²) in [6.45, 7) is 1.60. The smallest absolute Gasteiger partial charge is 0.176 e. The lowest BCUT2D eigenvalue weighted by molar-refractivity contribution is 0.402. The number of phenolic OH excluding ortho intramolecular Hbond substituents is 2. The molecular weight excluding hydrogens is 274 g/mol. The van der Waals surface area contributed by atoms with Gasteiger partial charge < -0.3 is 15.5 Å². The number of fused-ring (bicyclic) bond motifs is 1. The van der Waals surface area contributed by atoms with Crippen LogP contribution < -0.4 is 5.32 Å². The average molecular weight is 290 g/mol. The van der Waals surface area contributed by atoms with E-state index in [0.29, 0.717) is 0 Å². The molecule has 0 bridgehead atoms. The monoisotopic (exact) mass is 289 g/mol. The topological polar surface area (TPSA) is 52.5 Å². The van der Waals surface area contributed by atoms with Gasteiger partial charge in [-0.2, -0.15) is 0 Å². The maximum atomic E-state index is 9.86. The second-order valence-electron chi connectivity index (χ2n) is 5.04. The summed E-state index contributed by atoms with van der Waals surface area (Å²) in [6, 6.07) is 11.8. The van der Waals surface area contributed by atoms with E-state index in [1.165, 1.54) is 5.56 Å². The number of hydrogen-bond donors (Lipinski definition) is 3. The van der Waals surface area contributed by atoms with Crippen LogP contribution in [-0.2, 0) is 6.42 Å². The van der Waals surface area contributed by atoms with E-state index in [2.05, 4.69) is 17.4 Å². The Kier molecular flexibility index (Phi) is 3.55. The summed E-state index contributed by atoms with van der Waals surface area (Å²) in [5.41, 5.74) is 3.08. The Morgan fingerprint density at radius 3 is 2.65 bits per heavy atom. The number of benzene rings is 2. The highest BCUT2D eigenvalue weighted by Gasteiger charge is 2.25. The van der Waals surface area contributed by atoms with Crippen LogP contribution >= 0.6 is 11.6 Å². The standard InChI is InChI=1S/C16H16ClNO2/c17-15-11-6-7-18-9-13(10-4-2-1-3-5-10)12(11)8-14(19)16(15)20/h1-5,8,13,18-20H,6-7,9H2/t13-/m0/s1. The molecule has 2 aromatic rings. The molecule has 3 rings (SSSR count). The number of aromatic hydroxyl groups is 2. The molecule has 1 heterocycles. The van der Waals surface area contributed by atoms with Crippen LogP contribution in [0.5, 0.6) is 11.5 Å². The molecule has 0 spiro atoms. The molecule has 4 heteroatoms. The van der Waals surface area contributed by atoms with Gasteiger partial charge in [-0.25, -0.2) is 0 Å². The molecule has 2 aromatic carbocycles. The van der Waals surface area contributed by atoms with Crippen molar-refractivity contribution in [2.24, 2.45) is 0 Å². The zero-order valence-electron chi connectivity index (χ0n) is 10.9. The molecule has 1 aliphatic heterocycles. The van der Waals surface area contributed by atoms with E-state index in [9.17, 15) is 10.2 Å². The highest BCUT2D eigenvalue weighted by atomic mass is 35.5. The van der Waals surface area contributed by atoms with Crippen LogP contribution in [0.25, 0.3) is 0 Å². The molecule has 1 atom stereocenters. The molecule has 0 saturated heterocycles. The predicted octanol–water partition coefficient (Wildman–Crippen LogP) is 3.03. The SMILES string of the molecule is Oc1cc2c(c(Cl)c1O)CCNC[C@H]2c1ccccc1. The third-order valence-electron chi connectivity index (χ3n) is 3.83. The molecule has 3 N–H and O–H groups in total. The maximum Gasteiger partial charge on any atom is 0.176 e. The van der Waals surface area contributed by atoms with Gasteiger partial charge in [0.05, 0.1) is 5.02 Å². The van der Waals surface area contributed by atoms with Crippen LogP contribution in [0.2, 0.25) is 5.02 Å². The molecule has 0 unspecified atom stereocenters. The van der Waals surface area contributed by atoms with Crippen molar-refractivity contribution in [1.29, 1.82) is 0 Å². The largest absolute Gasteiger partial charge is 0.504 e. The molecule has 0 amide bonds. The van der Waals surface area contributed by atoms with Crippen molar-refractivity contribution in [3.8, 4) is 11.5 Å². The van der Waals surface area contributed by atoms with Crippen molar-refractivity contribution in [2.45, 2.75) is 12.3 Å². The Morgan fingerprint density at radius 2 is 1.90 bits per heavy atom. The summed E-state index contributed by atoms with van der Waals surface area (Å²) in [5, 5.41) is 23.3. The summed E-state index contributed by atoms with van der Waals surface area (Å²) in [7, 11) is 0. The van der Waals surface area contributed by atoms with Gasteiger partial charge in [-0.15, -0.1) is 0 Å². The Hall–Kier alpha value is -1.71. The van der Waals surface area contributed by atoms with Crippen molar-refractivity contribution < 1.29 is 10.2 Å². The number of hydrogen-bond acceptors (Lipinski definition) is 3. The van der Waals surface area contributed by atoms with E-state index in [4.69, 9.17) is 11.6 Å². The minimum atomic E-state index is -0.223. The van der Waals surface area contributed by atoms with Crippen molar-refractivity contribution in [3.05, 3.63) is 58.1 Å². The molecule has 3 nitrogen and oxygen atoms in total. The van der Waals surface area contributed by atoms with E-state index < -0.39 is 0 Å². The van der Waals surface area contributed by atoms with Gasteiger partial charge in [-0.3, -0.25) is 0 Å². The molecule has 20 heavy (non-hydrogen) atoms. The van der Waals surface area contributed by atoms with Gasteiger partial charge >= 0.3 is 0 Å². The lowest BCUT2D eigenvalue weighted by Gasteiger charge is -2.20. The van der Waals surface area contributed by atoms with Crippen LogP contribution in [0.3, 0.4) is 0 Å². The molecule has 0 aliphatic carbocycles. The highest BCUT2D eigenvalue weighted by Crippen LogP contribution is 2.42. The van der Waals surface area contributed by atoms with Crippen molar-refractivity contribution in [3.63, 3.8) is 0 Å². The molecule has 0 saturated carbocycles. The predicted molar refractivity (Wildman–Crippen MR) is 79.6 cm³/mol. The molecule has 0 radical (unpaired) electrons. The van der Waals surface area contributed by atoms with Crippen molar-refractivity contribution in [1.82, 2.24) is 5.32 Å². The zero-order chi connectivity index (χ0) is 14.1. The van der Waals surface area contributed by atoms with Crippen LogP contribution in [0.4, 0.5) is 0 Å². The fourth-order valence-electron chi connectivity index (χ4n) is 2.80. The number of halogens is 1. The van der Waals surface area contributed by atoms with E-state index in [-0.39, 0.29) is 22.4 Å². The van der Waals surface area contributed by atoms with Crippen LogP contribution in [0, 0.1) is 0 Å². The normalized spacial score (nSPS) is 18.4. The molecule has 1 aliphatic rings. The van der Waals surface area contributed by atoms with Crippen LogP contribution in [-0.4, -0.2) is 23.3 Å². The summed E-state index contributed by atoms with van der Waals surface area (Å²) in [6.07, 6.45) is 0.741. The van der Waals surface area contributed by atoms with Gasteiger partial charge in [0.15, 0.2) is 11.5 Å². The van der Waals surface area contributed by atoms with Crippen molar-refractivity contribution in [2.75, 3.05) is 13.1 Å². The summed E-state index contributed by atoms with van der Waals surface area (Å²) in [5.74, 6) is -0.256. The Bertz CT molecular complexity index is 628. The van der Waals surface area contributed by atoms with E-state index in [0.717, 1.165) is 30.6 Å². The Balaban J connectivity index is 2.17. The first-order valence-corrected chi connectivity index (χ1v) is 7.05. The van der Waals surface area contributed by atoms with Gasteiger partial charge in [0.25, 0.3) is 0 Å². The molecule has 0 aromatic heterocycles. The molecular formula is C16H16ClNO2. The second-order valence-corrected chi connectivity index (χ2v) is 5.42. The first-order valence-electron chi connectivity index (χ1n) is 6.67. The summed E-state index contributed by atoms with van der Waals surface area (Å²) in [4.78, 5) is 0. The summed E-state index contributed by atoms with van der Waals surface area (Å²) >= 11 is 6.20. The summed E-state index contributed by atoms with van der Waals surface area (Å²) < 4.78 is 0. The van der Waals surface area contributed by atoms with E-state index in [1.807, 2.05) is 18.2 Å².